The van der Waals surface area contributed by atoms with E-state index in [1.165, 1.54) is 0 Å². The number of ether oxygens (including phenoxy) is 1. The summed E-state index contributed by atoms with van der Waals surface area (Å²) in [6.45, 7) is 4.08. The average Bonchev–Trinajstić information content (AvgIpc) is 2.83. The first-order valence-electron chi connectivity index (χ1n) is 5.85. The standard InChI is InChI=1S/C11H18N4O2/c1-8(9-5-13-14-6-9)15-11(16)4-10-7-17-3-2-12-10/h5-6,8,10,12H,2-4,7H2,1H3,(H,13,14)(H,15,16). The first-order valence-corrected chi connectivity index (χ1v) is 5.85. The zero-order chi connectivity index (χ0) is 12.1. The highest BCUT2D eigenvalue weighted by molar-refractivity contribution is 5.77. The molecule has 0 saturated carbocycles. The van der Waals surface area contributed by atoms with Crippen LogP contribution < -0.4 is 10.6 Å². The van der Waals surface area contributed by atoms with Crippen molar-refractivity contribution in [1.82, 2.24) is 20.8 Å². The molecule has 0 bridgehead atoms. The third kappa shape index (κ3) is 3.54. The van der Waals surface area contributed by atoms with Crippen LogP contribution in [0.3, 0.4) is 0 Å². The van der Waals surface area contributed by atoms with Gasteiger partial charge in [-0.3, -0.25) is 9.89 Å². The highest BCUT2D eigenvalue weighted by atomic mass is 16.5. The molecule has 2 heterocycles. The van der Waals surface area contributed by atoms with Gasteiger partial charge in [-0.15, -0.1) is 0 Å². The largest absolute Gasteiger partial charge is 0.378 e. The van der Waals surface area contributed by atoms with Crippen LogP contribution in [0.15, 0.2) is 12.4 Å². The summed E-state index contributed by atoms with van der Waals surface area (Å²) in [5, 5.41) is 12.8. The van der Waals surface area contributed by atoms with Gasteiger partial charge in [-0.2, -0.15) is 5.10 Å². The number of rotatable bonds is 4. The Labute approximate surface area is 100 Å². The van der Waals surface area contributed by atoms with Crippen molar-refractivity contribution in [3.8, 4) is 0 Å². The molecule has 1 aromatic rings. The topological polar surface area (TPSA) is 79.0 Å². The molecule has 0 aliphatic carbocycles. The molecule has 2 atom stereocenters. The molecule has 1 fully saturated rings. The van der Waals surface area contributed by atoms with E-state index >= 15 is 0 Å². The van der Waals surface area contributed by atoms with Gasteiger partial charge in [-0.1, -0.05) is 0 Å². The van der Waals surface area contributed by atoms with Crippen LogP contribution >= 0.6 is 0 Å². The van der Waals surface area contributed by atoms with E-state index in [2.05, 4.69) is 20.8 Å². The average molecular weight is 238 g/mol. The second-order valence-electron chi connectivity index (χ2n) is 4.25. The fraction of sp³-hybridized carbons (Fsp3) is 0.636. The predicted molar refractivity (Wildman–Crippen MR) is 62.4 cm³/mol. The molecule has 0 radical (unpaired) electrons. The number of carbonyl (C=O) groups is 1. The van der Waals surface area contributed by atoms with E-state index in [1.807, 2.05) is 6.92 Å². The summed E-state index contributed by atoms with van der Waals surface area (Å²) in [5.41, 5.74) is 0.978. The fourth-order valence-corrected chi connectivity index (χ4v) is 1.86. The second kappa shape index (κ2) is 5.79. The number of aromatic nitrogens is 2. The van der Waals surface area contributed by atoms with Crippen LogP contribution in [-0.4, -0.2) is 41.9 Å². The summed E-state index contributed by atoms with van der Waals surface area (Å²) in [7, 11) is 0. The number of amides is 1. The first kappa shape index (κ1) is 12.1. The highest BCUT2D eigenvalue weighted by Gasteiger charge is 2.18. The minimum atomic E-state index is -0.0224. The first-order chi connectivity index (χ1) is 8.25. The molecule has 2 rings (SSSR count). The Bertz CT molecular complexity index is 346. The van der Waals surface area contributed by atoms with E-state index in [4.69, 9.17) is 4.74 Å². The summed E-state index contributed by atoms with van der Waals surface area (Å²) >= 11 is 0. The number of hydrogen-bond donors (Lipinski definition) is 3. The molecule has 1 aliphatic heterocycles. The number of nitrogens with zero attached hydrogens (tertiary/aromatic N) is 1. The van der Waals surface area contributed by atoms with E-state index in [1.54, 1.807) is 12.4 Å². The Hall–Kier alpha value is -1.40. The summed E-state index contributed by atoms with van der Waals surface area (Å²) in [4.78, 5) is 11.8. The molecular formula is C11H18N4O2. The monoisotopic (exact) mass is 238 g/mol. The number of H-pyrrole nitrogens is 1. The van der Waals surface area contributed by atoms with Crippen LogP contribution in [0.1, 0.15) is 24.9 Å². The third-order valence-electron chi connectivity index (χ3n) is 2.83. The Balaban J connectivity index is 1.76. The van der Waals surface area contributed by atoms with Gasteiger partial charge in [0.05, 0.1) is 25.5 Å². The van der Waals surface area contributed by atoms with Crippen molar-refractivity contribution in [3.05, 3.63) is 18.0 Å². The zero-order valence-electron chi connectivity index (χ0n) is 9.90. The van der Waals surface area contributed by atoms with E-state index < -0.39 is 0 Å². The fourth-order valence-electron chi connectivity index (χ4n) is 1.86. The van der Waals surface area contributed by atoms with Crippen LogP contribution in [0.4, 0.5) is 0 Å². The molecule has 3 N–H and O–H groups in total. The van der Waals surface area contributed by atoms with Crippen molar-refractivity contribution in [2.45, 2.75) is 25.4 Å². The molecule has 0 spiro atoms. The number of aromatic amines is 1. The number of morpholine rings is 1. The lowest BCUT2D eigenvalue weighted by Crippen LogP contribution is -2.44. The zero-order valence-corrected chi connectivity index (χ0v) is 9.90. The van der Waals surface area contributed by atoms with Crippen molar-refractivity contribution in [1.29, 1.82) is 0 Å². The second-order valence-corrected chi connectivity index (χ2v) is 4.25. The Kier molecular flexibility index (Phi) is 4.11. The van der Waals surface area contributed by atoms with Crippen molar-refractivity contribution >= 4 is 5.91 Å². The van der Waals surface area contributed by atoms with Crippen molar-refractivity contribution in [2.24, 2.45) is 0 Å². The summed E-state index contributed by atoms with van der Waals surface area (Å²) in [5.74, 6) is 0.0294. The molecule has 17 heavy (non-hydrogen) atoms. The predicted octanol–water partition coefficient (Wildman–Crippen LogP) is -0.0346. The van der Waals surface area contributed by atoms with Gasteiger partial charge in [0, 0.05) is 30.8 Å². The van der Waals surface area contributed by atoms with E-state index in [0.29, 0.717) is 13.0 Å². The van der Waals surface area contributed by atoms with Gasteiger partial charge in [-0.25, -0.2) is 0 Å². The van der Waals surface area contributed by atoms with Crippen molar-refractivity contribution in [3.63, 3.8) is 0 Å². The molecule has 1 amide bonds. The molecule has 2 unspecified atom stereocenters. The minimum Gasteiger partial charge on any atom is -0.378 e. The molecule has 6 nitrogen and oxygen atoms in total. The Morgan fingerprint density at radius 1 is 1.76 bits per heavy atom. The van der Waals surface area contributed by atoms with E-state index in [-0.39, 0.29) is 18.0 Å². The maximum Gasteiger partial charge on any atom is 0.222 e. The smallest absolute Gasteiger partial charge is 0.222 e. The van der Waals surface area contributed by atoms with Gasteiger partial charge in [-0.05, 0) is 6.92 Å². The van der Waals surface area contributed by atoms with Gasteiger partial charge >= 0.3 is 0 Å². The normalized spacial score (nSPS) is 22.1. The van der Waals surface area contributed by atoms with E-state index in [9.17, 15) is 4.79 Å². The maximum atomic E-state index is 11.8. The van der Waals surface area contributed by atoms with Crippen LogP contribution in [-0.2, 0) is 9.53 Å². The Morgan fingerprint density at radius 2 is 2.65 bits per heavy atom. The molecule has 1 aliphatic rings. The van der Waals surface area contributed by atoms with E-state index in [0.717, 1.165) is 18.7 Å². The summed E-state index contributed by atoms with van der Waals surface area (Å²) in [6, 6.07) is 0.103. The lowest BCUT2D eigenvalue weighted by Gasteiger charge is -2.23. The van der Waals surface area contributed by atoms with Crippen molar-refractivity contribution < 1.29 is 9.53 Å². The number of carbonyl (C=O) groups excluding carboxylic acids is 1. The van der Waals surface area contributed by atoms with Crippen molar-refractivity contribution in [2.75, 3.05) is 19.8 Å². The molecule has 0 aromatic carbocycles. The van der Waals surface area contributed by atoms with Crippen LogP contribution in [0, 0.1) is 0 Å². The van der Waals surface area contributed by atoms with Crippen LogP contribution in [0.25, 0.3) is 0 Å². The van der Waals surface area contributed by atoms with Gasteiger partial charge in [0.1, 0.15) is 0 Å². The lowest BCUT2D eigenvalue weighted by molar-refractivity contribution is -0.122. The summed E-state index contributed by atoms with van der Waals surface area (Å²) in [6.07, 6.45) is 3.95. The molecular weight excluding hydrogens is 220 g/mol. The quantitative estimate of drug-likeness (QED) is 0.688. The Morgan fingerprint density at radius 3 is 3.29 bits per heavy atom. The SMILES string of the molecule is CC(NC(=O)CC1COCCN1)c1cn[nH]c1. The highest BCUT2D eigenvalue weighted by Crippen LogP contribution is 2.09. The third-order valence-corrected chi connectivity index (χ3v) is 2.83. The molecule has 1 aromatic heterocycles. The van der Waals surface area contributed by atoms with Gasteiger partial charge in [0.15, 0.2) is 0 Å². The minimum absolute atomic E-state index is 0.0224. The number of nitrogens with one attached hydrogen (secondary N) is 3. The van der Waals surface area contributed by atoms with Crippen LogP contribution in [0.2, 0.25) is 0 Å². The molecule has 6 heteroatoms. The number of hydrogen-bond acceptors (Lipinski definition) is 4. The van der Waals surface area contributed by atoms with Gasteiger partial charge in [0.25, 0.3) is 0 Å². The van der Waals surface area contributed by atoms with Crippen LogP contribution in [0.5, 0.6) is 0 Å². The van der Waals surface area contributed by atoms with Gasteiger partial charge < -0.3 is 15.4 Å². The lowest BCUT2D eigenvalue weighted by atomic mass is 10.1. The van der Waals surface area contributed by atoms with Gasteiger partial charge in [0.2, 0.25) is 5.91 Å². The summed E-state index contributed by atoms with van der Waals surface area (Å²) < 4.78 is 5.30. The molecule has 94 valence electrons. The molecule has 1 saturated heterocycles. The maximum absolute atomic E-state index is 11.8.